The maximum Gasteiger partial charge on any atom is 0.342 e. The molecule has 1 unspecified atom stereocenters. The number of Topliss-reactive ketones (excluding diaryl/α,β-unsaturated/α-hetero) is 1. The molecule has 0 saturated heterocycles. The fraction of sp³-hybridized carbons (Fsp3) is 0.556. The van der Waals surface area contributed by atoms with Gasteiger partial charge in [-0.3, -0.25) is 0 Å². The Bertz CT molecular complexity index is 579. The number of phenolic OH excluding ortho intramolecular Hbond substituents is 2. The lowest BCUT2D eigenvalue weighted by atomic mass is 9.97. The summed E-state index contributed by atoms with van der Waals surface area (Å²) in [4.78, 5) is 23.5. The highest BCUT2D eigenvalue weighted by Gasteiger charge is 2.23. The zero-order chi connectivity index (χ0) is 16.8. The summed E-state index contributed by atoms with van der Waals surface area (Å²) in [5.74, 6) is -0.709. The molecule has 1 aromatic rings. The average molecular weight is 320 g/mol. The minimum Gasteiger partial charge on any atom is -0.508 e. The van der Waals surface area contributed by atoms with E-state index in [9.17, 15) is 19.8 Å². The van der Waals surface area contributed by atoms with Crippen molar-refractivity contribution in [3.63, 3.8) is 0 Å². The van der Waals surface area contributed by atoms with Crippen LogP contribution in [0.4, 0.5) is 0 Å². The molecule has 23 heavy (non-hydrogen) atoms. The number of aromatic hydroxyl groups is 2. The van der Waals surface area contributed by atoms with E-state index in [1.807, 2.05) is 0 Å². The molecule has 0 amide bonds. The SMILES string of the molecule is CC(=O)CCCC1CCCCCc2cc(O)cc(O)c2C(=O)O1. The van der Waals surface area contributed by atoms with Gasteiger partial charge in [-0.25, -0.2) is 4.79 Å². The van der Waals surface area contributed by atoms with Crippen molar-refractivity contribution in [1.82, 2.24) is 0 Å². The monoisotopic (exact) mass is 320 g/mol. The van der Waals surface area contributed by atoms with Gasteiger partial charge in [-0.2, -0.15) is 0 Å². The number of ketones is 1. The number of carbonyl (C=O) groups excluding carboxylic acids is 2. The van der Waals surface area contributed by atoms with E-state index in [0.717, 1.165) is 31.7 Å². The summed E-state index contributed by atoms with van der Waals surface area (Å²) < 4.78 is 5.56. The first-order chi connectivity index (χ1) is 11.0. The van der Waals surface area contributed by atoms with Crippen molar-refractivity contribution < 1.29 is 24.5 Å². The Hall–Kier alpha value is -2.04. The quantitative estimate of drug-likeness (QED) is 0.830. The standard InChI is InChI=1S/C18H24O5/c1-12(19)6-5-9-15-8-4-2-3-7-13-10-14(20)11-16(21)17(13)18(22)23-15/h10-11,15,20-21H,2-9H2,1H3. The predicted octanol–water partition coefficient (Wildman–Crippen LogP) is 3.50. The molecule has 1 aliphatic heterocycles. The normalized spacial score (nSPS) is 18.8. The summed E-state index contributed by atoms with van der Waals surface area (Å²) in [5.41, 5.74) is 0.776. The molecule has 0 saturated carbocycles. The molecule has 0 fully saturated rings. The zero-order valence-electron chi connectivity index (χ0n) is 13.5. The van der Waals surface area contributed by atoms with Crippen LogP contribution in [0.1, 0.15) is 67.8 Å². The minimum atomic E-state index is -0.549. The Morgan fingerprint density at radius 1 is 1.26 bits per heavy atom. The lowest BCUT2D eigenvalue weighted by Gasteiger charge is -2.21. The van der Waals surface area contributed by atoms with Crippen LogP contribution in [0, 0.1) is 0 Å². The third-order valence-corrected chi connectivity index (χ3v) is 4.19. The van der Waals surface area contributed by atoms with E-state index in [-0.39, 0.29) is 28.9 Å². The van der Waals surface area contributed by atoms with E-state index < -0.39 is 5.97 Å². The molecule has 2 N–H and O–H groups in total. The van der Waals surface area contributed by atoms with Crippen LogP contribution in [0.2, 0.25) is 0 Å². The molecule has 1 aliphatic rings. The summed E-state index contributed by atoms with van der Waals surface area (Å²) in [5, 5.41) is 19.6. The number of carbonyl (C=O) groups is 2. The number of aryl methyl sites for hydroxylation is 1. The molecular formula is C18H24O5. The molecule has 2 rings (SSSR count). The van der Waals surface area contributed by atoms with Crippen molar-refractivity contribution in [2.75, 3.05) is 0 Å². The maximum atomic E-state index is 12.4. The van der Waals surface area contributed by atoms with Crippen LogP contribution >= 0.6 is 0 Å². The van der Waals surface area contributed by atoms with E-state index >= 15 is 0 Å². The largest absolute Gasteiger partial charge is 0.508 e. The van der Waals surface area contributed by atoms with Crippen molar-refractivity contribution in [3.05, 3.63) is 23.3 Å². The highest BCUT2D eigenvalue weighted by molar-refractivity contribution is 5.94. The van der Waals surface area contributed by atoms with Gasteiger partial charge in [0.25, 0.3) is 0 Å². The van der Waals surface area contributed by atoms with Gasteiger partial charge in [0, 0.05) is 12.5 Å². The van der Waals surface area contributed by atoms with Crippen LogP contribution in [-0.2, 0) is 16.0 Å². The number of ether oxygens (including phenoxy) is 1. The van der Waals surface area contributed by atoms with E-state index in [2.05, 4.69) is 0 Å². The third kappa shape index (κ3) is 4.98. The second-order valence-corrected chi connectivity index (χ2v) is 6.22. The van der Waals surface area contributed by atoms with Gasteiger partial charge in [-0.15, -0.1) is 0 Å². The first-order valence-electron chi connectivity index (χ1n) is 8.22. The summed E-state index contributed by atoms with van der Waals surface area (Å²) in [6.45, 7) is 1.56. The van der Waals surface area contributed by atoms with Crippen LogP contribution in [0.25, 0.3) is 0 Å². The van der Waals surface area contributed by atoms with Gasteiger partial charge in [-0.05, 0) is 57.1 Å². The van der Waals surface area contributed by atoms with Gasteiger partial charge in [0.15, 0.2) is 0 Å². The first-order valence-corrected chi connectivity index (χ1v) is 8.22. The third-order valence-electron chi connectivity index (χ3n) is 4.19. The van der Waals surface area contributed by atoms with E-state index in [4.69, 9.17) is 4.74 Å². The number of phenols is 2. The number of fused-ring (bicyclic) bond motifs is 1. The van der Waals surface area contributed by atoms with Crippen molar-refractivity contribution in [2.45, 2.75) is 64.4 Å². The van der Waals surface area contributed by atoms with Gasteiger partial charge >= 0.3 is 5.97 Å². The van der Waals surface area contributed by atoms with Crippen LogP contribution in [0.15, 0.2) is 12.1 Å². The highest BCUT2D eigenvalue weighted by Crippen LogP contribution is 2.31. The highest BCUT2D eigenvalue weighted by atomic mass is 16.5. The number of esters is 1. The number of hydrogen-bond acceptors (Lipinski definition) is 5. The molecule has 5 heteroatoms. The lowest BCUT2D eigenvalue weighted by Crippen LogP contribution is -2.21. The molecule has 0 radical (unpaired) electrons. The van der Waals surface area contributed by atoms with Crippen molar-refractivity contribution in [3.8, 4) is 11.5 Å². The predicted molar refractivity (Wildman–Crippen MR) is 85.7 cm³/mol. The molecular weight excluding hydrogens is 296 g/mol. The van der Waals surface area contributed by atoms with Gasteiger partial charge in [0.1, 0.15) is 28.9 Å². The smallest absolute Gasteiger partial charge is 0.342 e. The van der Waals surface area contributed by atoms with Crippen LogP contribution in [0.3, 0.4) is 0 Å². The Kier molecular flexibility index (Phi) is 6.02. The fourth-order valence-electron chi connectivity index (χ4n) is 3.02. The Labute approximate surface area is 136 Å². The van der Waals surface area contributed by atoms with Gasteiger partial charge in [0.2, 0.25) is 0 Å². The van der Waals surface area contributed by atoms with Crippen LogP contribution < -0.4 is 0 Å². The fourth-order valence-corrected chi connectivity index (χ4v) is 3.02. The van der Waals surface area contributed by atoms with Gasteiger partial charge < -0.3 is 19.7 Å². The topological polar surface area (TPSA) is 83.8 Å². The second-order valence-electron chi connectivity index (χ2n) is 6.22. The zero-order valence-corrected chi connectivity index (χ0v) is 13.5. The van der Waals surface area contributed by atoms with Crippen molar-refractivity contribution in [1.29, 1.82) is 0 Å². The van der Waals surface area contributed by atoms with E-state index in [0.29, 0.717) is 31.2 Å². The lowest BCUT2D eigenvalue weighted by molar-refractivity contribution is -0.117. The van der Waals surface area contributed by atoms with Gasteiger partial charge in [-0.1, -0.05) is 6.42 Å². The number of hydrogen-bond donors (Lipinski definition) is 2. The molecule has 0 aromatic heterocycles. The molecule has 1 heterocycles. The summed E-state index contributed by atoms with van der Waals surface area (Å²) in [6.07, 6.45) is 5.85. The van der Waals surface area contributed by atoms with Gasteiger partial charge in [0.05, 0.1) is 0 Å². The molecule has 0 spiro atoms. The Morgan fingerprint density at radius 2 is 2.04 bits per heavy atom. The second kappa shape index (κ2) is 7.99. The Morgan fingerprint density at radius 3 is 2.78 bits per heavy atom. The molecule has 1 aromatic carbocycles. The molecule has 5 nitrogen and oxygen atoms in total. The Balaban J connectivity index is 2.16. The summed E-state index contributed by atoms with van der Waals surface area (Å²) in [6, 6.07) is 2.68. The molecule has 0 bridgehead atoms. The van der Waals surface area contributed by atoms with Crippen molar-refractivity contribution in [2.24, 2.45) is 0 Å². The number of rotatable bonds is 4. The van der Waals surface area contributed by atoms with Crippen LogP contribution in [0.5, 0.6) is 11.5 Å². The van der Waals surface area contributed by atoms with E-state index in [1.54, 1.807) is 6.92 Å². The molecule has 0 aliphatic carbocycles. The summed E-state index contributed by atoms with van der Waals surface area (Å²) >= 11 is 0. The summed E-state index contributed by atoms with van der Waals surface area (Å²) in [7, 11) is 0. The van der Waals surface area contributed by atoms with Crippen molar-refractivity contribution >= 4 is 11.8 Å². The number of benzene rings is 1. The van der Waals surface area contributed by atoms with E-state index in [1.165, 1.54) is 6.07 Å². The maximum absolute atomic E-state index is 12.4. The minimum absolute atomic E-state index is 0.0517. The average Bonchev–Trinajstić information content (AvgIpc) is 2.45. The number of cyclic esters (lactones) is 1. The molecule has 126 valence electrons. The molecule has 1 atom stereocenters. The van der Waals surface area contributed by atoms with Crippen LogP contribution in [-0.4, -0.2) is 28.1 Å². The first kappa shape index (κ1) is 17.3.